The second-order valence-electron chi connectivity index (χ2n) is 15.3. The van der Waals surface area contributed by atoms with E-state index in [0.29, 0.717) is 67.4 Å². The third kappa shape index (κ3) is 8.78. The maximum Gasteiger partial charge on any atom is 0.247 e. The third-order valence-electron chi connectivity index (χ3n) is 10.9. The Hall–Kier alpha value is -6.25. The van der Waals surface area contributed by atoms with Gasteiger partial charge in [0.2, 0.25) is 29.5 Å². The van der Waals surface area contributed by atoms with Gasteiger partial charge in [-0.25, -0.2) is 13.8 Å². The van der Waals surface area contributed by atoms with Gasteiger partial charge < -0.3 is 24.9 Å². The topological polar surface area (TPSA) is 131 Å². The monoisotopic (exact) mass is 803 g/mol. The third-order valence-corrected chi connectivity index (χ3v) is 10.9. The van der Waals surface area contributed by atoms with Crippen LogP contribution in [0.1, 0.15) is 48.9 Å². The molecule has 0 radical (unpaired) electrons. The molecule has 3 heterocycles. The van der Waals surface area contributed by atoms with Crippen LogP contribution in [0.25, 0.3) is 22.8 Å². The average molecular weight is 804 g/mol. The van der Waals surface area contributed by atoms with E-state index >= 15 is 0 Å². The molecule has 2 N–H and O–H groups in total. The fraction of sp³-hybridized carbons (Fsp3) is 0.311. The Kier molecular flexibility index (Phi) is 12.3. The van der Waals surface area contributed by atoms with Crippen LogP contribution in [0.3, 0.4) is 0 Å². The molecule has 12 nitrogen and oxygen atoms in total. The molecule has 5 aromatic rings. The quantitative estimate of drug-likeness (QED) is 0.142. The van der Waals surface area contributed by atoms with Crippen LogP contribution in [0, 0.1) is 11.6 Å². The van der Waals surface area contributed by atoms with E-state index < -0.39 is 35.8 Å². The van der Waals surface area contributed by atoms with E-state index in [9.17, 15) is 28.0 Å². The molecule has 7 rings (SSSR count). The number of carbonyl (C=O) groups excluding carboxylic acids is 4. The van der Waals surface area contributed by atoms with Crippen molar-refractivity contribution in [1.29, 1.82) is 0 Å². The highest BCUT2D eigenvalue weighted by atomic mass is 19.1. The Morgan fingerprint density at radius 2 is 1.07 bits per heavy atom. The van der Waals surface area contributed by atoms with Gasteiger partial charge in [0, 0.05) is 46.7 Å². The first-order chi connectivity index (χ1) is 28.4. The number of halogens is 2. The zero-order chi connectivity index (χ0) is 41.8. The van der Waals surface area contributed by atoms with Crippen LogP contribution in [0.5, 0.6) is 0 Å². The van der Waals surface area contributed by atoms with E-state index in [2.05, 4.69) is 15.6 Å². The van der Waals surface area contributed by atoms with Crippen molar-refractivity contribution in [2.45, 2.75) is 49.9 Å². The molecular weight excluding hydrogens is 757 g/mol. The summed E-state index contributed by atoms with van der Waals surface area (Å²) < 4.78 is 35.5. The number of oxazole rings is 1. The fourth-order valence-corrected chi connectivity index (χ4v) is 7.98. The molecule has 306 valence electrons. The first-order valence-electron chi connectivity index (χ1n) is 19.6. The predicted octanol–water partition coefficient (Wildman–Crippen LogP) is 6.75. The Morgan fingerprint density at radius 3 is 1.49 bits per heavy atom. The lowest BCUT2D eigenvalue weighted by Gasteiger charge is -2.31. The number of aromatic nitrogens is 1. The highest BCUT2D eigenvalue weighted by molar-refractivity contribution is 5.99. The summed E-state index contributed by atoms with van der Waals surface area (Å²) in [5, 5.41) is 5.85. The lowest BCUT2D eigenvalue weighted by atomic mass is 10.0. The molecule has 4 atom stereocenters. The summed E-state index contributed by atoms with van der Waals surface area (Å²) in [6.45, 7) is 0.801. The summed E-state index contributed by atoms with van der Waals surface area (Å²) in [4.78, 5) is 65.2. The number of nitrogens with zero attached hydrogens (tertiary/aromatic N) is 5. The number of benzene rings is 4. The lowest BCUT2D eigenvalue weighted by molar-refractivity contribution is -0.141. The van der Waals surface area contributed by atoms with Gasteiger partial charge in [-0.15, -0.1) is 0 Å². The van der Waals surface area contributed by atoms with Crippen molar-refractivity contribution in [1.82, 2.24) is 24.6 Å². The van der Waals surface area contributed by atoms with E-state index in [4.69, 9.17) is 4.42 Å². The summed E-state index contributed by atoms with van der Waals surface area (Å²) in [6, 6.07) is 23.4. The number of amides is 4. The van der Waals surface area contributed by atoms with Gasteiger partial charge in [0.15, 0.2) is 5.76 Å². The molecule has 0 saturated carbocycles. The minimum absolute atomic E-state index is 0.264. The van der Waals surface area contributed by atoms with Crippen LogP contribution in [-0.4, -0.2) is 102 Å². The summed E-state index contributed by atoms with van der Waals surface area (Å²) in [7, 11) is 6.86. The van der Waals surface area contributed by atoms with Crippen LogP contribution in [0.2, 0.25) is 0 Å². The van der Waals surface area contributed by atoms with Gasteiger partial charge in [-0.1, -0.05) is 36.4 Å². The number of likely N-dealkylation sites (N-methyl/N-ethyl adjacent to an activating group) is 2. The number of rotatable bonds is 12. The van der Waals surface area contributed by atoms with E-state index in [1.807, 2.05) is 0 Å². The van der Waals surface area contributed by atoms with Crippen molar-refractivity contribution in [2.75, 3.05) is 51.9 Å². The van der Waals surface area contributed by atoms with Gasteiger partial charge in [-0.3, -0.25) is 29.0 Å². The van der Waals surface area contributed by atoms with E-state index in [0.717, 1.165) is 5.56 Å². The maximum atomic E-state index is 14.7. The van der Waals surface area contributed by atoms with E-state index in [1.165, 1.54) is 12.1 Å². The molecule has 4 amide bonds. The molecule has 59 heavy (non-hydrogen) atoms. The molecule has 2 saturated heterocycles. The van der Waals surface area contributed by atoms with Crippen molar-refractivity contribution in [3.8, 4) is 22.8 Å². The van der Waals surface area contributed by atoms with E-state index in [1.54, 1.807) is 139 Å². The Balaban J connectivity index is 0.957. The zero-order valence-corrected chi connectivity index (χ0v) is 33.4. The number of nitrogens with one attached hydrogen (secondary N) is 2. The standard InChI is InChI=1S/C45H47F2N7O5/c1-51(2)39(32-11-5-7-13-34(32)46)44(57)53-25-9-15-36(53)41(55)49-30-21-17-28(18-22-30)38-27-48-43(59-38)29-19-23-31(24-20-29)50-42(56)37-16-10-26-54(37)45(58)40(52(3)4)33-12-6-8-14-35(33)47/h5-8,11-14,17-24,27,36-37,39-40H,9-10,15-16,25-26H2,1-4H3,(H,49,55)(H,50,56). The second-order valence-corrected chi connectivity index (χ2v) is 15.3. The molecule has 2 aliphatic heterocycles. The normalized spacial score (nSPS) is 17.6. The molecule has 2 fully saturated rings. The van der Waals surface area contributed by atoms with Crippen molar-refractivity contribution >= 4 is 35.0 Å². The van der Waals surface area contributed by atoms with Crippen LogP contribution in [0.4, 0.5) is 20.2 Å². The number of likely N-dealkylation sites (tertiary alicyclic amines) is 2. The summed E-state index contributed by atoms with van der Waals surface area (Å²) in [6.07, 6.45) is 3.91. The molecule has 14 heteroatoms. The average Bonchev–Trinajstić information content (AvgIpc) is 4.02. The van der Waals surface area contributed by atoms with E-state index in [-0.39, 0.29) is 34.8 Å². The van der Waals surface area contributed by atoms with Crippen molar-refractivity contribution < 1.29 is 32.4 Å². The summed E-state index contributed by atoms with van der Waals surface area (Å²) >= 11 is 0. The fourth-order valence-electron chi connectivity index (χ4n) is 7.98. The first-order valence-corrected chi connectivity index (χ1v) is 19.6. The van der Waals surface area contributed by atoms with Gasteiger partial charge in [0.25, 0.3) is 0 Å². The lowest BCUT2D eigenvalue weighted by Crippen LogP contribution is -2.47. The molecule has 4 unspecified atom stereocenters. The predicted molar refractivity (Wildman–Crippen MR) is 220 cm³/mol. The minimum Gasteiger partial charge on any atom is -0.436 e. The number of carbonyl (C=O) groups is 4. The number of anilines is 2. The van der Waals surface area contributed by atoms with Crippen molar-refractivity contribution in [2.24, 2.45) is 0 Å². The highest BCUT2D eigenvalue weighted by Crippen LogP contribution is 2.32. The Labute approximate surface area is 341 Å². The van der Waals surface area contributed by atoms with Gasteiger partial charge in [-0.2, -0.15) is 0 Å². The summed E-state index contributed by atoms with van der Waals surface area (Å²) in [5.74, 6) is -1.37. The molecule has 0 bridgehead atoms. The summed E-state index contributed by atoms with van der Waals surface area (Å²) in [5.41, 5.74) is 3.01. The molecule has 0 aliphatic carbocycles. The Morgan fingerprint density at radius 1 is 0.644 bits per heavy atom. The van der Waals surface area contributed by atoms with Crippen LogP contribution in [-0.2, 0) is 19.2 Å². The van der Waals surface area contributed by atoms with Crippen molar-refractivity contribution in [3.05, 3.63) is 126 Å². The number of hydrogen-bond donors (Lipinski definition) is 2. The van der Waals surface area contributed by atoms with Gasteiger partial charge in [0.05, 0.1) is 6.20 Å². The van der Waals surface area contributed by atoms with Crippen LogP contribution >= 0.6 is 0 Å². The molecule has 4 aromatic carbocycles. The largest absolute Gasteiger partial charge is 0.436 e. The first kappa shape index (κ1) is 40.9. The molecular formula is C45H47F2N7O5. The Bertz CT molecular complexity index is 2150. The van der Waals surface area contributed by atoms with Crippen molar-refractivity contribution in [3.63, 3.8) is 0 Å². The SMILES string of the molecule is CN(C)C(C(=O)N1CCCC1C(=O)Nc1ccc(-c2cnc(-c3ccc(NC(=O)C4CCCN4C(=O)C(c4ccccc4F)N(C)C)cc3)o2)cc1)c1ccccc1F. The zero-order valence-electron chi connectivity index (χ0n) is 33.4. The van der Waals surface area contributed by atoms with Gasteiger partial charge >= 0.3 is 0 Å². The second kappa shape index (κ2) is 17.7. The van der Waals surface area contributed by atoms with Gasteiger partial charge in [0.1, 0.15) is 35.8 Å². The van der Waals surface area contributed by atoms with Crippen LogP contribution < -0.4 is 10.6 Å². The smallest absolute Gasteiger partial charge is 0.247 e. The molecule has 1 aromatic heterocycles. The molecule has 2 aliphatic rings. The molecule has 0 spiro atoms. The highest BCUT2D eigenvalue weighted by Gasteiger charge is 2.40. The maximum absolute atomic E-state index is 14.7. The number of hydrogen-bond acceptors (Lipinski definition) is 8. The minimum atomic E-state index is -0.864. The van der Waals surface area contributed by atoms with Gasteiger partial charge in [-0.05, 0) is 115 Å². The van der Waals surface area contributed by atoms with Crippen LogP contribution in [0.15, 0.2) is 108 Å².